The van der Waals surface area contributed by atoms with Gasteiger partial charge in [-0.1, -0.05) is 29.8 Å². The molecule has 27 heavy (non-hydrogen) atoms. The van der Waals surface area contributed by atoms with Crippen LogP contribution in [-0.4, -0.2) is 35.5 Å². The number of Topliss-reactive ketones (excluding diaryl/α,β-unsaturated/α-hetero) is 1. The summed E-state index contributed by atoms with van der Waals surface area (Å²) in [7, 11) is 1.70. The van der Waals surface area contributed by atoms with E-state index in [0.717, 1.165) is 43.4 Å². The highest BCUT2D eigenvalue weighted by Crippen LogP contribution is 2.68. The Bertz CT molecular complexity index is 594. The van der Waals surface area contributed by atoms with Crippen molar-refractivity contribution in [3.05, 3.63) is 0 Å². The summed E-state index contributed by atoms with van der Waals surface area (Å²) in [5.41, 5.74) is -0.0297. The lowest BCUT2D eigenvalue weighted by Gasteiger charge is -2.62. The van der Waals surface area contributed by atoms with Crippen LogP contribution in [0, 0.1) is 40.4 Å². The van der Waals surface area contributed by atoms with Gasteiger partial charge in [-0.3, -0.25) is 4.79 Å². The van der Waals surface area contributed by atoms with Crippen molar-refractivity contribution in [2.24, 2.45) is 40.4 Å². The lowest BCUT2D eigenvalue weighted by Crippen LogP contribution is -2.56. The van der Waals surface area contributed by atoms with Crippen LogP contribution in [0.25, 0.3) is 0 Å². The number of rotatable bonds is 4. The molecule has 0 unspecified atom stereocenters. The first-order valence-electron chi connectivity index (χ1n) is 11.1. The molecule has 4 saturated carbocycles. The third kappa shape index (κ3) is 3.08. The van der Waals surface area contributed by atoms with Gasteiger partial charge in [0, 0.05) is 13.0 Å². The maximum Gasteiger partial charge on any atom is 0.147 e. The zero-order valence-corrected chi connectivity index (χ0v) is 18.9. The molecule has 0 aromatic carbocycles. The van der Waals surface area contributed by atoms with Crippen LogP contribution in [0.5, 0.6) is 0 Å². The largest absolute Gasteiger partial charge is 0.387 e. The Kier molecular flexibility index (Phi) is 5.34. The van der Waals surface area contributed by atoms with E-state index in [1.165, 1.54) is 32.1 Å². The molecule has 0 heterocycles. The van der Waals surface area contributed by atoms with Crippen molar-refractivity contribution in [1.29, 1.82) is 0 Å². The Morgan fingerprint density at radius 2 is 1.78 bits per heavy atom. The molecule has 0 aliphatic heterocycles. The number of ether oxygens (including phenoxy) is 1. The number of fused-ring (bicyclic) bond motifs is 5. The van der Waals surface area contributed by atoms with Gasteiger partial charge < -0.3 is 9.84 Å². The van der Waals surface area contributed by atoms with Crippen LogP contribution in [0.4, 0.5) is 0 Å². The standard InChI is InChI=1S/C23H37BrO3/c1-21-10-11-23(26,14-27-3)12-15(21)4-5-16-17-6-7-19(20(25)13-24)22(17,2)9-8-18(16)21/h15-19,26H,4-14H2,1-3H3/t15-,16-,17-,18-,19+,21-,22-,23-/m0/s1. The number of aliphatic hydroxyl groups is 1. The van der Waals surface area contributed by atoms with Crippen molar-refractivity contribution < 1.29 is 14.6 Å². The normalized spacial score (nSPS) is 52.0. The number of halogens is 1. The molecule has 4 rings (SSSR count). The summed E-state index contributed by atoms with van der Waals surface area (Å²) in [5, 5.41) is 11.5. The van der Waals surface area contributed by atoms with Gasteiger partial charge in [0.1, 0.15) is 5.78 Å². The molecule has 0 aromatic heterocycles. The van der Waals surface area contributed by atoms with Crippen molar-refractivity contribution in [3.8, 4) is 0 Å². The molecule has 8 atom stereocenters. The summed E-state index contributed by atoms with van der Waals surface area (Å²) in [6, 6.07) is 0. The fraction of sp³-hybridized carbons (Fsp3) is 0.957. The Labute approximate surface area is 173 Å². The molecule has 0 bridgehead atoms. The molecular weight excluding hydrogens is 404 g/mol. The van der Waals surface area contributed by atoms with E-state index < -0.39 is 5.60 Å². The first-order chi connectivity index (χ1) is 12.8. The second-order valence-electron chi connectivity index (χ2n) is 10.8. The van der Waals surface area contributed by atoms with E-state index in [9.17, 15) is 9.90 Å². The van der Waals surface area contributed by atoms with Crippen molar-refractivity contribution in [2.45, 2.75) is 77.2 Å². The van der Waals surface area contributed by atoms with Gasteiger partial charge >= 0.3 is 0 Å². The zero-order chi connectivity index (χ0) is 19.4. The number of methoxy groups -OCH3 is 1. The van der Waals surface area contributed by atoms with Gasteiger partial charge in [0.15, 0.2) is 0 Å². The zero-order valence-electron chi connectivity index (χ0n) is 17.3. The molecule has 0 radical (unpaired) electrons. The molecule has 0 spiro atoms. The summed E-state index contributed by atoms with van der Waals surface area (Å²) in [5.74, 6) is 3.61. The molecule has 3 nitrogen and oxygen atoms in total. The van der Waals surface area contributed by atoms with E-state index in [-0.39, 0.29) is 11.3 Å². The Morgan fingerprint density at radius 3 is 2.48 bits per heavy atom. The first kappa shape index (κ1) is 20.3. The molecule has 4 fully saturated rings. The second-order valence-corrected chi connectivity index (χ2v) is 11.4. The molecule has 0 aromatic rings. The summed E-state index contributed by atoms with van der Waals surface area (Å²) >= 11 is 3.43. The fourth-order valence-corrected chi connectivity index (χ4v) is 8.74. The third-order valence-corrected chi connectivity index (χ3v) is 10.3. The average molecular weight is 441 g/mol. The van der Waals surface area contributed by atoms with Gasteiger partial charge in [0.25, 0.3) is 0 Å². The molecule has 4 aliphatic carbocycles. The van der Waals surface area contributed by atoms with Gasteiger partial charge in [-0.15, -0.1) is 0 Å². The SMILES string of the molecule is COC[C@]1(O)CC[C@@]2(C)[C@@H](CC[C@@H]3[C@@H]2CC[C@]2(C)[C@@H](C(=O)CBr)CC[C@@H]32)C1. The van der Waals surface area contributed by atoms with E-state index in [0.29, 0.717) is 29.1 Å². The van der Waals surface area contributed by atoms with Crippen LogP contribution in [0.15, 0.2) is 0 Å². The number of carbonyl (C=O) groups excluding carboxylic acids is 1. The highest BCUT2D eigenvalue weighted by atomic mass is 79.9. The van der Waals surface area contributed by atoms with Crippen LogP contribution >= 0.6 is 15.9 Å². The van der Waals surface area contributed by atoms with Crippen molar-refractivity contribution in [2.75, 3.05) is 19.0 Å². The maximum absolute atomic E-state index is 12.6. The Balaban J connectivity index is 1.55. The van der Waals surface area contributed by atoms with Gasteiger partial charge in [-0.25, -0.2) is 0 Å². The topological polar surface area (TPSA) is 46.5 Å². The lowest BCUT2D eigenvalue weighted by atomic mass is 9.44. The minimum atomic E-state index is -0.615. The van der Waals surface area contributed by atoms with Gasteiger partial charge in [0.05, 0.1) is 17.5 Å². The molecule has 4 heteroatoms. The maximum atomic E-state index is 12.6. The predicted molar refractivity (Wildman–Crippen MR) is 111 cm³/mol. The summed E-state index contributed by atoms with van der Waals surface area (Å²) in [6.45, 7) is 5.43. The van der Waals surface area contributed by atoms with Crippen LogP contribution < -0.4 is 0 Å². The average Bonchev–Trinajstić information content (AvgIpc) is 2.99. The number of hydrogen-bond donors (Lipinski definition) is 1. The lowest BCUT2D eigenvalue weighted by molar-refractivity contribution is -0.163. The monoisotopic (exact) mass is 440 g/mol. The van der Waals surface area contributed by atoms with Crippen molar-refractivity contribution in [1.82, 2.24) is 0 Å². The first-order valence-corrected chi connectivity index (χ1v) is 12.2. The summed E-state index contributed by atoms with van der Waals surface area (Å²) in [4.78, 5) is 12.6. The molecule has 0 saturated heterocycles. The van der Waals surface area contributed by atoms with E-state index in [4.69, 9.17) is 4.74 Å². The van der Waals surface area contributed by atoms with E-state index >= 15 is 0 Å². The number of alkyl halides is 1. The van der Waals surface area contributed by atoms with E-state index in [1.807, 2.05) is 0 Å². The minimum Gasteiger partial charge on any atom is -0.387 e. The molecule has 154 valence electrons. The highest BCUT2D eigenvalue weighted by Gasteiger charge is 2.61. The quantitative estimate of drug-likeness (QED) is 0.626. The molecule has 4 aliphatic rings. The Hall–Kier alpha value is 0.0700. The number of carbonyl (C=O) groups is 1. The summed E-state index contributed by atoms with van der Waals surface area (Å²) in [6.07, 6.45) is 10.3. The smallest absolute Gasteiger partial charge is 0.147 e. The fourth-order valence-electron chi connectivity index (χ4n) is 8.34. The van der Waals surface area contributed by atoms with Gasteiger partial charge in [0.2, 0.25) is 0 Å². The summed E-state index contributed by atoms with van der Waals surface area (Å²) < 4.78 is 5.33. The predicted octanol–water partition coefficient (Wildman–Crippen LogP) is 4.99. The highest BCUT2D eigenvalue weighted by molar-refractivity contribution is 9.09. The third-order valence-electron chi connectivity index (χ3n) is 9.75. The van der Waals surface area contributed by atoms with E-state index in [2.05, 4.69) is 29.8 Å². The molecule has 1 N–H and O–H groups in total. The number of hydrogen-bond acceptors (Lipinski definition) is 3. The van der Waals surface area contributed by atoms with Crippen molar-refractivity contribution in [3.63, 3.8) is 0 Å². The van der Waals surface area contributed by atoms with Gasteiger partial charge in [-0.2, -0.15) is 0 Å². The second kappa shape index (κ2) is 7.09. The van der Waals surface area contributed by atoms with Crippen LogP contribution in [0.3, 0.4) is 0 Å². The Morgan fingerprint density at radius 1 is 1.04 bits per heavy atom. The van der Waals surface area contributed by atoms with Gasteiger partial charge in [-0.05, 0) is 92.3 Å². The van der Waals surface area contributed by atoms with Crippen LogP contribution in [-0.2, 0) is 9.53 Å². The molecular formula is C23H37BrO3. The van der Waals surface area contributed by atoms with E-state index in [1.54, 1.807) is 7.11 Å². The van der Waals surface area contributed by atoms with Crippen molar-refractivity contribution >= 4 is 21.7 Å². The molecule has 0 amide bonds. The number of ketones is 1. The van der Waals surface area contributed by atoms with Crippen LogP contribution in [0.2, 0.25) is 0 Å². The van der Waals surface area contributed by atoms with Crippen LogP contribution in [0.1, 0.15) is 71.6 Å². The minimum absolute atomic E-state index is 0.223.